The molecule has 0 aromatic heterocycles. The molecule has 0 saturated carbocycles. The van der Waals surface area contributed by atoms with Crippen LogP contribution in [0, 0.1) is 17.6 Å². The zero-order chi connectivity index (χ0) is 14.7. The van der Waals surface area contributed by atoms with Crippen molar-refractivity contribution in [2.75, 3.05) is 25.0 Å². The van der Waals surface area contributed by atoms with E-state index in [-0.39, 0.29) is 24.2 Å². The second-order valence-corrected chi connectivity index (χ2v) is 5.37. The van der Waals surface area contributed by atoms with E-state index in [1.807, 2.05) is 4.90 Å². The van der Waals surface area contributed by atoms with E-state index in [0.717, 1.165) is 37.7 Å². The van der Waals surface area contributed by atoms with Gasteiger partial charge in [-0.15, -0.1) is 0 Å². The SMILES string of the molecule is CC1CN(CC(=O)Nc2cc(F)cc(F)c2)CCC1N. The van der Waals surface area contributed by atoms with Gasteiger partial charge >= 0.3 is 0 Å². The largest absolute Gasteiger partial charge is 0.327 e. The molecule has 0 bridgehead atoms. The van der Waals surface area contributed by atoms with Crippen LogP contribution in [0.1, 0.15) is 13.3 Å². The average molecular weight is 283 g/mol. The highest BCUT2D eigenvalue weighted by molar-refractivity contribution is 5.92. The number of amides is 1. The molecule has 1 aliphatic heterocycles. The Balaban J connectivity index is 1.89. The van der Waals surface area contributed by atoms with Gasteiger partial charge in [0.1, 0.15) is 11.6 Å². The minimum absolute atomic E-state index is 0.134. The van der Waals surface area contributed by atoms with Gasteiger partial charge < -0.3 is 11.1 Å². The topological polar surface area (TPSA) is 58.4 Å². The fourth-order valence-corrected chi connectivity index (χ4v) is 2.42. The lowest BCUT2D eigenvalue weighted by molar-refractivity contribution is -0.117. The van der Waals surface area contributed by atoms with Crippen LogP contribution in [-0.4, -0.2) is 36.5 Å². The number of carbonyl (C=O) groups is 1. The Morgan fingerprint density at radius 2 is 2.05 bits per heavy atom. The van der Waals surface area contributed by atoms with Gasteiger partial charge in [-0.3, -0.25) is 9.69 Å². The Bertz CT molecular complexity index is 475. The van der Waals surface area contributed by atoms with E-state index in [1.165, 1.54) is 0 Å². The maximum atomic E-state index is 13.0. The molecule has 1 amide bonds. The second kappa shape index (κ2) is 6.28. The molecule has 0 spiro atoms. The van der Waals surface area contributed by atoms with E-state index in [9.17, 15) is 13.6 Å². The zero-order valence-electron chi connectivity index (χ0n) is 11.4. The number of nitrogens with two attached hydrogens (primary N) is 1. The van der Waals surface area contributed by atoms with Crippen LogP contribution in [0.5, 0.6) is 0 Å². The summed E-state index contributed by atoms with van der Waals surface area (Å²) in [7, 11) is 0. The molecule has 1 aromatic carbocycles. The molecule has 110 valence electrons. The van der Waals surface area contributed by atoms with Crippen molar-refractivity contribution in [3.8, 4) is 0 Å². The maximum absolute atomic E-state index is 13.0. The minimum atomic E-state index is -0.710. The van der Waals surface area contributed by atoms with Crippen LogP contribution in [-0.2, 0) is 4.79 Å². The first-order chi connectivity index (χ1) is 9.44. The van der Waals surface area contributed by atoms with Crippen molar-refractivity contribution < 1.29 is 13.6 Å². The summed E-state index contributed by atoms with van der Waals surface area (Å²) in [5, 5.41) is 2.51. The first-order valence-electron chi connectivity index (χ1n) is 6.68. The van der Waals surface area contributed by atoms with Gasteiger partial charge in [-0.2, -0.15) is 0 Å². The van der Waals surface area contributed by atoms with Gasteiger partial charge in [0.15, 0.2) is 0 Å². The van der Waals surface area contributed by atoms with E-state index in [4.69, 9.17) is 5.73 Å². The molecule has 0 aliphatic carbocycles. The van der Waals surface area contributed by atoms with Crippen LogP contribution in [0.2, 0.25) is 0 Å². The third-order valence-corrected chi connectivity index (χ3v) is 3.57. The van der Waals surface area contributed by atoms with Crippen molar-refractivity contribution in [1.29, 1.82) is 0 Å². The zero-order valence-corrected chi connectivity index (χ0v) is 11.4. The van der Waals surface area contributed by atoms with Crippen molar-refractivity contribution in [3.05, 3.63) is 29.8 Å². The van der Waals surface area contributed by atoms with E-state index in [1.54, 1.807) is 0 Å². The maximum Gasteiger partial charge on any atom is 0.238 e. The second-order valence-electron chi connectivity index (χ2n) is 5.37. The van der Waals surface area contributed by atoms with Gasteiger partial charge in [0.2, 0.25) is 5.91 Å². The molecule has 2 atom stereocenters. The summed E-state index contributed by atoms with van der Waals surface area (Å²) in [5.41, 5.74) is 6.05. The minimum Gasteiger partial charge on any atom is -0.327 e. The molecule has 1 aliphatic rings. The van der Waals surface area contributed by atoms with E-state index >= 15 is 0 Å². The quantitative estimate of drug-likeness (QED) is 0.885. The molecular weight excluding hydrogens is 264 g/mol. The van der Waals surface area contributed by atoms with Crippen molar-refractivity contribution in [3.63, 3.8) is 0 Å². The predicted octanol–water partition coefficient (Wildman–Crippen LogP) is 1.57. The van der Waals surface area contributed by atoms with Crippen molar-refractivity contribution in [1.82, 2.24) is 4.90 Å². The Labute approximate surface area is 116 Å². The Morgan fingerprint density at radius 1 is 1.40 bits per heavy atom. The standard InChI is InChI=1S/C14H19F2N3O/c1-9-7-19(3-2-13(9)17)8-14(20)18-12-5-10(15)4-11(16)6-12/h4-6,9,13H,2-3,7-8,17H2,1H3,(H,18,20). The van der Waals surface area contributed by atoms with Crippen LogP contribution < -0.4 is 11.1 Å². The molecule has 1 saturated heterocycles. The first kappa shape index (κ1) is 14.9. The molecular formula is C14H19F2N3O. The number of halogens is 2. The van der Waals surface area contributed by atoms with Gasteiger partial charge in [0, 0.05) is 30.9 Å². The van der Waals surface area contributed by atoms with Crippen molar-refractivity contribution in [2.24, 2.45) is 11.7 Å². The Kier molecular flexibility index (Phi) is 4.67. The first-order valence-corrected chi connectivity index (χ1v) is 6.68. The predicted molar refractivity (Wildman–Crippen MR) is 73.2 cm³/mol. The summed E-state index contributed by atoms with van der Waals surface area (Å²) < 4.78 is 26.0. The molecule has 2 unspecified atom stereocenters. The summed E-state index contributed by atoms with van der Waals surface area (Å²) in [5.74, 6) is -1.36. The van der Waals surface area contributed by atoms with Gasteiger partial charge in [-0.05, 0) is 24.5 Å². The van der Waals surface area contributed by atoms with Gasteiger partial charge in [-0.1, -0.05) is 6.92 Å². The Morgan fingerprint density at radius 3 is 2.65 bits per heavy atom. The lowest BCUT2D eigenvalue weighted by Crippen LogP contribution is -2.48. The smallest absolute Gasteiger partial charge is 0.238 e. The number of piperidine rings is 1. The summed E-state index contributed by atoms with van der Waals surface area (Å²) in [4.78, 5) is 13.9. The van der Waals surface area contributed by atoms with Gasteiger partial charge in [0.05, 0.1) is 6.54 Å². The van der Waals surface area contributed by atoms with Gasteiger partial charge in [0.25, 0.3) is 0 Å². The fourth-order valence-electron chi connectivity index (χ4n) is 2.42. The third kappa shape index (κ3) is 3.98. The molecule has 1 heterocycles. The van der Waals surface area contributed by atoms with Crippen molar-refractivity contribution >= 4 is 11.6 Å². The number of benzene rings is 1. The summed E-state index contributed by atoms with van der Waals surface area (Å²) in [6.07, 6.45) is 0.850. The van der Waals surface area contributed by atoms with Crippen molar-refractivity contribution in [2.45, 2.75) is 19.4 Å². The number of anilines is 1. The summed E-state index contributed by atoms with van der Waals surface area (Å²) in [6, 6.07) is 3.13. The molecule has 6 heteroatoms. The highest BCUT2D eigenvalue weighted by Crippen LogP contribution is 2.16. The molecule has 4 nitrogen and oxygen atoms in total. The number of likely N-dealkylation sites (tertiary alicyclic amines) is 1. The molecule has 3 N–H and O–H groups in total. The number of hydrogen-bond donors (Lipinski definition) is 2. The highest BCUT2D eigenvalue weighted by atomic mass is 19.1. The van der Waals surface area contributed by atoms with Crippen LogP contribution in [0.3, 0.4) is 0 Å². The van der Waals surface area contributed by atoms with Gasteiger partial charge in [-0.25, -0.2) is 8.78 Å². The summed E-state index contributed by atoms with van der Waals surface area (Å²) >= 11 is 0. The molecule has 1 aromatic rings. The highest BCUT2D eigenvalue weighted by Gasteiger charge is 2.24. The molecule has 20 heavy (non-hydrogen) atoms. The number of hydrogen-bond acceptors (Lipinski definition) is 3. The average Bonchev–Trinajstić information content (AvgIpc) is 2.32. The third-order valence-electron chi connectivity index (χ3n) is 3.57. The lowest BCUT2D eigenvalue weighted by atomic mass is 9.95. The number of rotatable bonds is 3. The van der Waals surface area contributed by atoms with Crippen LogP contribution >= 0.6 is 0 Å². The lowest BCUT2D eigenvalue weighted by Gasteiger charge is -2.34. The molecule has 2 rings (SSSR count). The molecule has 1 fully saturated rings. The number of nitrogens with one attached hydrogen (secondary N) is 1. The van der Waals surface area contributed by atoms with Crippen LogP contribution in [0.25, 0.3) is 0 Å². The van der Waals surface area contributed by atoms with Crippen LogP contribution in [0.4, 0.5) is 14.5 Å². The number of nitrogens with zero attached hydrogens (tertiary/aromatic N) is 1. The normalized spacial score (nSPS) is 23.6. The van der Waals surface area contributed by atoms with Crippen LogP contribution in [0.15, 0.2) is 18.2 Å². The monoisotopic (exact) mass is 283 g/mol. The van der Waals surface area contributed by atoms with E-state index in [0.29, 0.717) is 5.92 Å². The number of carbonyl (C=O) groups excluding carboxylic acids is 1. The van der Waals surface area contributed by atoms with E-state index < -0.39 is 11.6 Å². The Hall–Kier alpha value is -1.53. The molecule has 0 radical (unpaired) electrons. The summed E-state index contributed by atoms with van der Waals surface area (Å²) in [6.45, 7) is 3.77. The van der Waals surface area contributed by atoms with E-state index in [2.05, 4.69) is 12.2 Å². The fraction of sp³-hybridized carbons (Fsp3) is 0.500.